The second-order valence-corrected chi connectivity index (χ2v) is 4.59. The molecule has 21 heavy (non-hydrogen) atoms. The molecule has 0 bridgehead atoms. The van der Waals surface area contributed by atoms with Gasteiger partial charge in [0.05, 0.1) is 19.6 Å². The van der Waals surface area contributed by atoms with Crippen molar-refractivity contribution in [3.05, 3.63) is 42.7 Å². The number of rotatable bonds is 7. The van der Waals surface area contributed by atoms with E-state index < -0.39 is 0 Å². The Balaban J connectivity index is 1.96. The van der Waals surface area contributed by atoms with Crippen molar-refractivity contribution in [2.24, 2.45) is 0 Å². The summed E-state index contributed by atoms with van der Waals surface area (Å²) in [5.41, 5.74) is 0.959. The zero-order chi connectivity index (χ0) is 15.1. The summed E-state index contributed by atoms with van der Waals surface area (Å²) in [4.78, 5) is 27.5. The molecular formula is C16H18N2O3. The van der Waals surface area contributed by atoms with E-state index in [0.717, 1.165) is 11.4 Å². The number of carbonyl (C=O) groups is 2. The summed E-state index contributed by atoms with van der Waals surface area (Å²) in [6.45, 7) is 2.30. The second-order valence-electron chi connectivity index (χ2n) is 4.59. The first-order valence-corrected chi connectivity index (χ1v) is 6.94. The molecule has 0 spiro atoms. The summed E-state index contributed by atoms with van der Waals surface area (Å²) in [6.07, 6.45) is 3.75. The molecule has 0 saturated heterocycles. The number of esters is 1. The number of benzene rings is 1. The van der Waals surface area contributed by atoms with Crippen molar-refractivity contribution in [3.63, 3.8) is 0 Å². The molecule has 0 amide bonds. The number of hydrogen-bond donors (Lipinski definition) is 0. The van der Waals surface area contributed by atoms with Gasteiger partial charge in [0.15, 0.2) is 5.78 Å². The van der Waals surface area contributed by atoms with Crippen LogP contribution in [0.4, 0.5) is 0 Å². The topological polar surface area (TPSA) is 61.2 Å². The fourth-order valence-electron chi connectivity index (χ4n) is 2.03. The van der Waals surface area contributed by atoms with E-state index in [-0.39, 0.29) is 31.1 Å². The molecule has 0 atom stereocenters. The Bertz CT molecular complexity index is 605. The number of ketones is 1. The van der Waals surface area contributed by atoms with Crippen LogP contribution in [0.25, 0.3) is 11.4 Å². The van der Waals surface area contributed by atoms with Gasteiger partial charge in [-0.1, -0.05) is 30.3 Å². The average Bonchev–Trinajstić information content (AvgIpc) is 2.94. The van der Waals surface area contributed by atoms with Crippen LogP contribution in [-0.4, -0.2) is 27.9 Å². The maximum Gasteiger partial charge on any atom is 0.306 e. The monoisotopic (exact) mass is 286 g/mol. The van der Waals surface area contributed by atoms with Crippen LogP contribution in [0.2, 0.25) is 0 Å². The van der Waals surface area contributed by atoms with Gasteiger partial charge in [0.2, 0.25) is 0 Å². The standard InChI is InChI=1S/C16H18N2O3/c1-2-21-15(20)9-8-14(19)12-18-11-10-17-16(18)13-6-4-3-5-7-13/h3-7,10-11H,2,8-9,12H2,1H3. The Labute approximate surface area is 123 Å². The van der Waals surface area contributed by atoms with Gasteiger partial charge in [-0.25, -0.2) is 4.98 Å². The third-order valence-corrected chi connectivity index (χ3v) is 3.01. The number of ether oxygens (including phenoxy) is 1. The Kier molecular flexibility index (Phi) is 5.26. The Hall–Kier alpha value is -2.43. The van der Waals surface area contributed by atoms with E-state index in [0.29, 0.717) is 6.61 Å². The quantitative estimate of drug-likeness (QED) is 0.734. The molecule has 1 aromatic carbocycles. The van der Waals surface area contributed by atoms with Crippen molar-refractivity contribution in [1.29, 1.82) is 0 Å². The third kappa shape index (κ3) is 4.27. The van der Waals surface area contributed by atoms with E-state index >= 15 is 0 Å². The van der Waals surface area contributed by atoms with Crippen molar-refractivity contribution in [2.45, 2.75) is 26.3 Å². The van der Waals surface area contributed by atoms with Crippen LogP contribution in [0.3, 0.4) is 0 Å². The third-order valence-electron chi connectivity index (χ3n) is 3.01. The molecule has 0 aliphatic carbocycles. The SMILES string of the molecule is CCOC(=O)CCC(=O)Cn1ccnc1-c1ccccc1. The summed E-state index contributed by atoms with van der Waals surface area (Å²) >= 11 is 0. The number of imidazole rings is 1. The predicted octanol–water partition coefficient (Wildman–Crippen LogP) is 2.46. The molecule has 0 fully saturated rings. The number of nitrogens with zero attached hydrogens (tertiary/aromatic N) is 2. The van der Waals surface area contributed by atoms with Crippen LogP contribution >= 0.6 is 0 Å². The predicted molar refractivity (Wildman–Crippen MR) is 78.5 cm³/mol. The van der Waals surface area contributed by atoms with E-state index in [9.17, 15) is 9.59 Å². The average molecular weight is 286 g/mol. The zero-order valence-electron chi connectivity index (χ0n) is 12.0. The van der Waals surface area contributed by atoms with Crippen molar-refractivity contribution in [3.8, 4) is 11.4 Å². The lowest BCUT2D eigenvalue weighted by molar-refractivity contribution is -0.144. The number of Topliss-reactive ketones (excluding diaryl/α,β-unsaturated/α-hetero) is 1. The fraction of sp³-hybridized carbons (Fsp3) is 0.312. The highest BCUT2D eigenvalue weighted by molar-refractivity contribution is 5.83. The maximum atomic E-state index is 11.9. The van der Waals surface area contributed by atoms with Crippen LogP contribution in [-0.2, 0) is 20.9 Å². The van der Waals surface area contributed by atoms with Gasteiger partial charge in [0, 0.05) is 24.4 Å². The van der Waals surface area contributed by atoms with Gasteiger partial charge in [-0.2, -0.15) is 0 Å². The fourth-order valence-corrected chi connectivity index (χ4v) is 2.03. The Morgan fingerprint density at radius 2 is 1.95 bits per heavy atom. The maximum absolute atomic E-state index is 11.9. The van der Waals surface area contributed by atoms with E-state index in [4.69, 9.17) is 4.74 Å². The van der Waals surface area contributed by atoms with Crippen molar-refractivity contribution < 1.29 is 14.3 Å². The molecule has 0 unspecified atom stereocenters. The lowest BCUT2D eigenvalue weighted by Gasteiger charge is -2.07. The molecule has 1 aromatic heterocycles. The minimum Gasteiger partial charge on any atom is -0.466 e. The summed E-state index contributed by atoms with van der Waals surface area (Å²) in [5, 5.41) is 0. The molecule has 0 aliphatic rings. The highest BCUT2D eigenvalue weighted by atomic mass is 16.5. The van der Waals surface area contributed by atoms with E-state index in [1.165, 1.54) is 0 Å². The molecule has 110 valence electrons. The lowest BCUT2D eigenvalue weighted by Crippen LogP contribution is -2.13. The van der Waals surface area contributed by atoms with Gasteiger partial charge in [0.25, 0.3) is 0 Å². The highest BCUT2D eigenvalue weighted by Crippen LogP contribution is 2.16. The van der Waals surface area contributed by atoms with Crippen molar-refractivity contribution >= 4 is 11.8 Å². The Morgan fingerprint density at radius 1 is 1.19 bits per heavy atom. The van der Waals surface area contributed by atoms with Gasteiger partial charge >= 0.3 is 5.97 Å². The highest BCUT2D eigenvalue weighted by Gasteiger charge is 2.11. The van der Waals surface area contributed by atoms with Crippen LogP contribution in [0.5, 0.6) is 0 Å². The summed E-state index contributed by atoms with van der Waals surface area (Å²) in [6, 6.07) is 9.68. The Morgan fingerprint density at radius 3 is 2.67 bits per heavy atom. The van der Waals surface area contributed by atoms with Gasteiger partial charge < -0.3 is 9.30 Å². The molecule has 1 heterocycles. The molecule has 5 heteroatoms. The summed E-state index contributed by atoms with van der Waals surface area (Å²) in [7, 11) is 0. The number of carbonyl (C=O) groups excluding carboxylic acids is 2. The normalized spacial score (nSPS) is 10.3. The summed E-state index contributed by atoms with van der Waals surface area (Å²) < 4.78 is 6.60. The molecule has 2 rings (SSSR count). The van der Waals surface area contributed by atoms with Crippen molar-refractivity contribution in [2.75, 3.05) is 6.61 Å². The first-order valence-electron chi connectivity index (χ1n) is 6.94. The van der Waals surface area contributed by atoms with Crippen molar-refractivity contribution in [1.82, 2.24) is 9.55 Å². The summed E-state index contributed by atoms with van der Waals surface area (Å²) in [5.74, 6) is 0.401. The van der Waals surface area contributed by atoms with Crippen LogP contribution in [0.1, 0.15) is 19.8 Å². The minimum atomic E-state index is -0.334. The smallest absolute Gasteiger partial charge is 0.306 e. The zero-order valence-corrected chi connectivity index (χ0v) is 12.0. The molecule has 2 aromatic rings. The number of hydrogen-bond acceptors (Lipinski definition) is 4. The van der Waals surface area contributed by atoms with E-state index in [1.807, 2.05) is 30.3 Å². The molecular weight excluding hydrogens is 268 g/mol. The van der Waals surface area contributed by atoms with Crippen LogP contribution in [0.15, 0.2) is 42.7 Å². The number of aromatic nitrogens is 2. The van der Waals surface area contributed by atoms with E-state index in [1.54, 1.807) is 23.9 Å². The molecule has 0 N–H and O–H groups in total. The van der Waals surface area contributed by atoms with Gasteiger partial charge in [0.1, 0.15) is 5.82 Å². The van der Waals surface area contributed by atoms with Crippen LogP contribution in [0, 0.1) is 0 Å². The molecule has 0 radical (unpaired) electrons. The first-order chi connectivity index (χ1) is 10.2. The van der Waals surface area contributed by atoms with Gasteiger partial charge in [-0.05, 0) is 6.92 Å². The first kappa shape index (κ1) is 15.0. The minimum absolute atomic E-state index is 0.0155. The van der Waals surface area contributed by atoms with Gasteiger partial charge in [-0.15, -0.1) is 0 Å². The molecule has 0 aliphatic heterocycles. The van der Waals surface area contributed by atoms with E-state index in [2.05, 4.69) is 4.98 Å². The second kappa shape index (κ2) is 7.38. The van der Waals surface area contributed by atoms with Gasteiger partial charge in [-0.3, -0.25) is 9.59 Å². The molecule has 0 saturated carbocycles. The molecule has 5 nitrogen and oxygen atoms in total. The largest absolute Gasteiger partial charge is 0.466 e. The van der Waals surface area contributed by atoms with Crippen LogP contribution < -0.4 is 0 Å². The lowest BCUT2D eigenvalue weighted by atomic mass is 10.2.